The summed E-state index contributed by atoms with van der Waals surface area (Å²) in [7, 11) is 3.28. The number of piperazine rings is 1. The van der Waals surface area contributed by atoms with Crippen LogP contribution in [0.5, 0.6) is 11.5 Å². The zero-order valence-corrected chi connectivity index (χ0v) is 14.1. The second-order valence-corrected chi connectivity index (χ2v) is 5.81. The van der Waals surface area contributed by atoms with Gasteiger partial charge in [0.2, 0.25) is 0 Å². The molecular formula is C17H26N2O4. The first kappa shape index (κ1) is 17.6. The molecule has 1 heterocycles. The number of carboxylic acids is 1. The normalized spacial score (nSPS) is 17.7. The van der Waals surface area contributed by atoms with E-state index in [2.05, 4.69) is 22.8 Å². The molecule has 1 aromatic rings. The van der Waals surface area contributed by atoms with E-state index in [0.29, 0.717) is 6.54 Å². The van der Waals surface area contributed by atoms with Crippen molar-refractivity contribution in [3.63, 3.8) is 0 Å². The van der Waals surface area contributed by atoms with Crippen LogP contribution in [0.15, 0.2) is 18.2 Å². The van der Waals surface area contributed by atoms with Gasteiger partial charge in [0.15, 0.2) is 11.5 Å². The second-order valence-electron chi connectivity index (χ2n) is 5.81. The Bertz CT molecular complexity index is 527. The van der Waals surface area contributed by atoms with Gasteiger partial charge in [0.05, 0.1) is 20.6 Å². The molecule has 0 bridgehead atoms. The third-order valence-corrected chi connectivity index (χ3v) is 4.49. The van der Waals surface area contributed by atoms with Crippen molar-refractivity contribution in [1.29, 1.82) is 0 Å². The van der Waals surface area contributed by atoms with Crippen LogP contribution >= 0.6 is 0 Å². The summed E-state index contributed by atoms with van der Waals surface area (Å²) in [6, 6.07) is 6.33. The molecule has 1 N–H and O–H groups in total. The minimum Gasteiger partial charge on any atom is -0.493 e. The lowest BCUT2D eigenvalue weighted by Gasteiger charge is -2.38. The van der Waals surface area contributed by atoms with Gasteiger partial charge in [-0.05, 0) is 24.6 Å². The van der Waals surface area contributed by atoms with Crippen molar-refractivity contribution in [2.24, 2.45) is 0 Å². The quantitative estimate of drug-likeness (QED) is 0.827. The van der Waals surface area contributed by atoms with E-state index < -0.39 is 5.97 Å². The lowest BCUT2D eigenvalue weighted by Crippen LogP contribution is -2.47. The van der Waals surface area contributed by atoms with Crippen LogP contribution in [0.4, 0.5) is 0 Å². The molecule has 128 valence electrons. The number of carbonyl (C=O) groups is 1. The summed E-state index contributed by atoms with van der Waals surface area (Å²) in [5.41, 5.74) is 1.20. The van der Waals surface area contributed by atoms with Crippen molar-refractivity contribution >= 4 is 5.97 Å². The molecule has 1 saturated heterocycles. The van der Waals surface area contributed by atoms with E-state index in [1.165, 1.54) is 5.56 Å². The smallest absolute Gasteiger partial charge is 0.304 e. The number of benzene rings is 1. The minimum absolute atomic E-state index is 0.214. The van der Waals surface area contributed by atoms with Crippen LogP contribution in [0.3, 0.4) is 0 Å². The number of nitrogens with zero attached hydrogens (tertiary/aromatic N) is 2. The molecule has 0 aromatic heterocycles. The monoisotopic (exact) mass is 322 g/mol. The lowest BCUT2D eigenvalue weighted by atomic mass is 10.1. The molecular weight excluding hydrogens is 296 g/mol. The Balaban J connectivity index is 1.94. The first-order valence-corrected chi connectivity index (χ1v) is 7.95. The van der Waals surface area contributed by atoms with Gasteiger partial charge in [-0.3, -0.25) is 9.69 Å². The Kier molecular flexibility index (Phi) is 6.24. The molecule has 0 saturated carbocycles. The second kappa shape index (κ2) is 8.17. The lowest BCUT2D eigenvalue weighted by molar-refractivity contribution is -0.137. The molecule has 23 heavy (non-hydrogen) atoms. The summed E-state index contributed by atoms with van der Waals surface area (Å²) in [6.07, 6.45) is 0.214. The van der Waals surface area contributed by atoms with Crippen molar-refractivity contribution in [1.82, 2.24) is 9.80 Å². The Morgan fingerprint density at radius 2 is 1.83 bits per heavy atom. The molecule has 0 amide bonds. The summed E-state index contributed by atoms with van der Waals surface area (Å²) >= 11 is 0. The van der Waals surface area contributed by atoms with E-state index in [-0.39, 0.29) is 12.5 Å². The maximum atomic E-state index is 10.7. The van der Waals surface area contributed by atoms with Gasteiger partial charge in [-0.25, -0.2) is 0 Å². The van der Waals surface area contributed by atoms with Crippen LogP contribution in [-0.4, -0.2) is 67.8 Å². The number of hydrogen-bond acceptors (Lipinski definition) is 5. The number of methoxy groups -OCH3 is 2. The summed E-state index contributed by atoms with van der Waals surface area (Å²) in [5, 5.41) is 8.77. The van der Waals surface area contributed by atoms with Crippen LogP contribution in [0.25, 0.3) is 0 Å². The molecule has 6 heteroatoms. The van der Waals surface area contributed by atoms with Gasteiger partial charge < -0.3 is 19.5 Å². The summed E-state index contributed by atoms with van der Waals surface area (Å²) in [6.45, 7) is 6.52. The average Bonchev–Trinajstić information content (AvgIpc) is 2.59. The summed E-state index contributed by atoms with van der Waals surface area (Å²) in [4.78, 5) is 15.3. The van der Waals surface area contributed by atoms with Gasteiger partial charge in [-0.15, -0.1) is 0 Å². The predicted octanol–water partition coefficient (Wildman–Crippen LogP) is 1.86. The molecule has 0 spiro atoms. The van der Waals surface area contributed by atoms with Gasteiger partial charge in [0.25, 0.3) is 0 Å². The van der Waals surface area contributed by atoms with E-state index >= 15 is 0 Å². The Morgan fingerprint density at radius 3 is 2.39 bits per heavy atom. The SMILES string of the molecule is COc1ccc(C(C)N2CCN(CCC(=O)O)CC2)cc1OC. The standard InChI is InChI=1S/C17H26N2O4/c1-13(14-4-5-15(22-2)16(12-14)23-3)19-10-8-18(9-11-19)7-6-17(20)21/h4-5,12-13H,6-11H2,1-3H3,(H,20,21). The Morgan fingerprint density at radius 1 is 1.17 bits per heavy atom. The largest absolute Gasteiger partial charge is 0.493 e. The first-order chi connectivity index (χ1) is 11.0. The van der Waals surface area contributed by atoms with E-state index in [1.54, 1.807) is 14.2 Å². The zero-order valence-electron chi connectivity index (χ0n) is 14.1. The third kappa shape index (κ3) is 4.59. The van der Waals surface area contributed by atoms with Crippen LogP contribution in [0.1, 0.15) is 24.9 Å². The fourth-order valence-corrected chi connectivity index (χ4v) is 2.95. The predicted molar refractivity (Wildman–Crippen MR) is 88.2 cm³/mol. The van der Waals surface area contributed by atoms with Gasteiger partial charge in [0, 0.05) is 38.8 Å². The maximum absolute atomic E-state index is 10.7. The molecule has 1 unspecified atom stereocenters. The highest BCUT2D eigenvalue weighted by molar-refractivity contribution is 5.66. The fraction of sp³-hybridized carbons (Fsp3) is 0.588. The molecule has 1 aliphatic heterocycles. The molecule has 6 nitrogen and oxygen atoms in total. The third-order valence-electron chi connectivity index (χ3n) is 4.49. The molecule has 1 aliphatic rings. The van der Waals surface area contributed by atoms with E-state index in [9.17, 15) is 4.79 Å². The topological polar surface area (TPSA) is 62.2 Å². The highest BCUT2D eigenvalue weighted by Crippen LogP contribution is 2.32. The van der Waals surface area contributed by atoms with Crippen LogP contribution in [0.2, 0.25) is 0 Å². The molecule has 0 aliphatic carbocycles. The first-order valence-electron chi connectivity index (χ1n) is 7.95. The van der Waals surface area contributed by atoms with E-state index in [4.69, 9.17) is 14.6 Å². The fourth-order valence-electron chi connectivity index (χ4n) is 2.95. The van der Waals surface area contributed by atoms with Crippen molar-refractivity contribution in [2.45, 2.75) is 19.4 Å². The highest BCUT2D eigenvalue weighted by Gasteiger charge is 2.23. The number of rotatable bonds is 7. The zero-order chi connectivity index (χ0) is 16.8. The number of hydrogen-bond donors (Lipinski definition) is 1. The van der Waals surface area contributed by atoms with Gasteiger partial charge in [0.1, 0.15) is 0 Å². The maximum Gasteiger partial charge on any atom is 0.304 e. The Labute approximate surface area is 137 Å². The molecule has 2 rings (SSSR count). The van der Waals surface area contributed by atoms with Crippen LogP contribution in [0, 0.1) is 0 Å². The van der Waals surface area contributed by atoms with Crippen molar-refractivity contribution in [3.8, 4) is 11.5 Å². The molecule has 1 aromatic carbocycles. The van der Waals surface area contributed by atoms with Crippen molar-refractivity contribution < 1.29 is 19.4 Å². The van der Waals surface area contributed by atoms with Crippen LogP contribution < -0.4 is 9.47 Å². The Hall–Kier alpha value is -1.79. The van der Waals surface area contributed by atoms with Crippen LogP contribution in [-0.2, 0) is 4.79 Å². The van der Waals surface area contributed by atoms with Crippen molar-refractivity contribution in [2.75, 3.05) is 46.9 Å². The van der Waals surface area contributed by atoms with E-state index in [1.807, 2.05) is 12.1 Å². The van der Waals surface area contributed by atoms with Gasteiger partial charge in [-0.1, -0.05) is 6.07 Å². The van der Waals surface area contributed by atoms with Crippen molar-refractivity contribution in [3.05, 3.63) is 23.8 Å². The summed E-state index contributed by atoms with van der Waals surface area (Å²) < 4.78 is 10.7. The average molecular weight is 322 g/mol. The number of carboxylic acid groups (broad SMARTS) is 1. The molecule has 0 radical (unpaired) electrons. The highest BCUT2D eigenvalue weighted by atomic mass is 16.5. The molecule has 1 fully saturated rings. The van der Waals surface area contributed by atoms with Gasteiger partial charge >= 0.3 is 5.97 Å². The van der Waals surface area contributed by atoms with E-state index in [0.717, 1.165) is 37.7 Å². The van der Waals surface area contributed by atoms with Gasteiger partial charge in [-0.2, -0.15) is 0 Å². The number of ether oxygens (including phenoxy) is 2. The minimum atomic E-state index is -0.730. The molecule has 1 atom stereocenters. The summed E-state index contributed by atoms with van der Waals surface area (Å²) in [5.74, 6) is 0.755. The number of aliphatic carboxylic acids is 1.